The molecule has 1 aromatic carbocycles. The maximum Gasteiger partial charge on any atom is 0.222 e. The minimum atomic E-state index is -0.256. The Hall–Kier alpha value is -1.17. The molecule has 1 N–H and O–H groups in total. The second-order valence-electron chi connectivity index (χ2n) is 6.94. The Labute approximate surface area is 155 Å². The van der Waals surface area contributed by atoms with Gasteiger partial charge in [-0.05, 0) is 62.4 Å². The molecule has 0 spiro atoms. The van der Waals surface area contributed by atoms with E-state index in [0.717, 1.165) is 50.9 Å². The first-order valence-corrected chi connectivity index (χ1v) is 9.05. The van der Waals surface area contributed by atoms with Gasteiger partial charge in [0.2, 0.25) is 5.91 Å². The lowest BCUT2D eigenvalue weighted by Crippen LogP contribution is -2.37. The number of amides is 1. The van der Waals surface area contributed by atoms with E-state index < -0.39 is 0 Å². The number of hydrogen-bond acceptors (Lipinski definition) is 3. The maximum atomic E-state index is 13.4. The van der Waals surface area contributed by atoms with Gasteiger partial charge in [-0.2, -0.15) is 0 Å². The smallest absolute Gasteiger partial charge is 0.222 e. The highest BCUT2D eigenvalue weighted by molar-refractivity contribution is 5.85. The molecule has 0 bridgehead atoms. The topological polar surface area (TPSA) is 41.6 Å². The molecule has 2 aliphatic rings. The number of ether oxygens (including phenoxy) is 1. The molecule has 0 radical (unpaired) electrons. The van der Waals surface area contributed by atoms with E-state index in [9.17, 15) is 9.18 Å². The highest BCUT2D eigenvalue weighted by Crippen LogP contribution is 2.19. The van der Waals surface area contributed by atoms with Gasteiger partial charge in [0.05, 0.1) is 6.10 Å². The summed E-state index contributed by atoms with van der Waals surface area (Å²) in [5.41, 5.74) is 0.837. The van der Waals surface area contributed by atoms with Crippen molar-refractivity contribution >= 4 is 18.3 Å². The lowest BCUT2D eigenvalue weighted by Gasteiger charge is -2.26. The van der Waals surface area contributed by atoms with Gasteiger partial charge in [0.1, 0.15) is 5.82 Å². The molecule has 1 aromatic rings. The number of hydrogen-bond donors (Lipinski definition) is 1. The first-order valence-electron chi connectivity index (χ1n) is 9.05. The van der Waals surface area contributed by atoms with Gasteiger partial charge in [-0.3, -0.25) is 4.79 Å². The Morgan fingerprint density at radius 1 is 1.36 bits per heavy atom. The predicted molar refractivity (Wildman–Crippen MR) is 98.2 cm³/mol. The van der Waals surface area contributed by atoms with Gasteiger partial charge >= 0.3 is 0 Å². The number of carbonyl (C=O) groups excluding carboxylic acids is 1. The largest absolute Gasteiger partial charge is 0.376 e. The molecule has 0 saturated carbocycles. The highest BCUT2D eigenvalue weighted by Gasteiger charge is 2.24. The monoisotopic (exact) mass is 370 g/mol. The minimum absolute atomic E-state index is 0. The van der Waals surface area contributed by atoms with E-state index in [2.05, 4.69) is 5.32 Å². The molecule has 2 aliphatic heterocycles. The number of rotatable bonds is 7. The Bertz CT molecular complexity index is 546. The summed E-state index contributed by atoms with van der Waals surface area (Å²) in [5.74, 6) is 0.503. The number of halogens is 2. The van der Waals surface area contributed by atoms with Crippen LogP contribution in [0.2, 0.25) is 0 Å². The normalized spacial score (nSPS) is 22.6. The van der Waals surface area contributed by atoms with Crippen LogP contribution in [-0.4, -0.2) is 43.2 Å². The number of nitrogens with zero attached hydrogens (tertiary/aromatic N) is 1. The molecule has 1 amide bonds. The first kappa shape index (κ1) is 20.1. The van der Waals surface area contributed by atoms with Gasteiger partial charge in [0.25, 0.3) is 0 Å². The van der Waals surface area contributed by atoms with Crippen LogP contribution in [-0.2, 0) is 16.1 Å². The molecule has 2 atom stereocenters. The zero-order valence-corrected chi connectivity index (χ0v) is 15.4. The Morgan fingerprint density at radius 3 is 2.92 bits per heavy atom. The Balaban J connectivity index is 0.00000225. The zero-order valence-electron chi connectivity index (χ0n) is 14.6. The number of carbonyl (C=O) groups is 1. The van der Waals surface area contributed by atoms with Crippen LogP contribution in [0, 0.1) is 11.7 Å². The fourth-order valence-corrected chi connectivity index (χ4v) is 3.59. The van der Waals surface area contributed by atoms with Crippen molar-refractivity contribution in [3.63, 3.8) is 0 Å². The van der Waals surface area contributed by atoms with Crippen molar-refractivity contribution in [3.8, 4) is 0 Å². The van der Waals surface area contributed by atoms with Crippen LogP contribution in [0.1, 0.15) is 37.7 Å². The first-order chi connectivity index (χ1) is 11.7. The van der Waals surface area contributed by atoms with Gasteiger partial charge in [-0.15, -0.1) is 12.4 Å². The second kappa shape index (κ2) is 10.1. The minimum Gasteiger partial charge on any atom is -0.376 e. The molecule has 2 unspecified atom stereocenters. The van der Waals surface area contributed by atoms with Crippen molar-refractivity contribution in [2.24, 2.45) is 5.92 Å². The number of nitrogens with one attached hydrogen (secondary N) is 1. The highest BCUT2D eigenvalue weighted by atomic mass is 35.5. The molecule has 0 aromatic heterocycles. The molecule has 140 valence electrons. The summed E-state index contributed by atoms with van der Waals surface area (Å²) in [6, 6.07) is 6.52. The summed E-state index contributed by atoms with van der Waals surface area (Å²) in [7, 11) is 0. The van der Waals surface area contributed by atoms with Crippen molar-refractivity contribution < 1.29 is 13.9 Å². The molecule has 25 heavy (non-hydrogen) atoms. The van der Waals surface area contributed by atoms with Crippen LogP contribution < -0.4 is 5.32 Å². The van der Waals surface area contributed by atoms with Crippen molar-refractivity contribution in [2.75, 3.05) is 26.2 Å². The van der Waals surface area contributed by atoms with E-state index in [1.807, 2.05) is 11.0 Å². The molecule has 2 heterocycles. The Morgan fingerprint density at radius 2 is 2.24 bits per heavy atom. The summed E-state index contributed by atoms with van der Waals surface area (Å²) in [5, 5.41) is 3.34. The SMILES string of the molecule is Cl.O=C(CCC1CCNC1)N(Cc1cccc(F)c1)CC1CCCO1. The second-order valence-corrected chi connectivity index (χ2v) is 6.94. The van der Waals surface area contributed by atoms with Crippen molar-refractivity contribution in [1.29, 1.82) is 0 Å². The molecular formula is C19H28ClFN2O2. The summed E-state index contributed by atoms with van der Waals surface area (Å²) >= 11 is 0. The van der Waals surface area contributed by atoms with Gasteiger partial charge in [0, 0.05) is 26.1 Å². The standard InChI is InChI=1S/C19H27FN2O2.ClH/c20-17-4-1-3-16(11-17)13-22(14-18-5-2-10-24-18)19(23)7-6-15-8-9-21-12-15;/h1,3-4,11,15,18,21H,2,5-10,12-14H2;1H. The Kier molecular flexibility index (Phi) is 8.13. The van der Waals surface area contributed by atoms with Crippen LogP contribution in [0.15, 0.2) is 24.3 Å². The average Bonchev–Trinajstić information content (AvgIpc) is 3.26. The summed E-state index contributed by atoms with van der Waals surface area (Å²) in [4.78, 5) is 14.6. The fourth-order valence-electron chi connectivity index (χ4n) is 3.59. The zero-order chi connectivity index (χ0) is 16.8. The van der Waals surface area contributed by atoms with Crippen molar-refractivity contribution in [2.45, 2.75) is 44.8 Å². The molecule has 4 nitrogen and oxygen atoms in total. The maximum absolute atomic E-state index is 13.4. The van der Waals surface area contributed by atoms with Gasteiger partial charge in [0.15, 0.2) is 0 Å². The molecule has 6 heteroatoms. The van der Waals surface area contributed by atoms with Gasteiger partial charge in [-0.25, -0.2) is 4.39 Å². The number of benzene rings is 1. The molecule has 2 saturated heterocycles. The lowest BCUT2D eigenvalue weighted by molar-refractivity contribution is -0.133. The summed E-state index contributed by atoms with van der Waals surface area (Å²) in [6.45, 7) is 3.92. The van der Waals surface area contributed by atoms with E-state index in [4.69, 9.17) is 4.74 Å². The van der Waals surface area contributed by atoms with Gasteiger partial charge < -0.3 is 15.0 Å². The van der Waals surface area contributed by atoms with Crippen LogP contribution in [0.3, 0.4) is 0 Å². The summed E-state index contributed by atoms with van der Waals surface area (Å²) in [6.07, 6.45) is 4.82. The fraction of sp³-hybridized carbons (Fsp3) is 0.632. The molecule has 3 rings (SSSR count). The average molecular weight is 371 g/mol. The van der Waals surface area contributed by atoms with Crippen LogP contribution in [0.5, 0.6) is 0 Å². The van der Waals surface area contributed by atoms with Crippen LogP contribution in [0.25, 0.3) is 0 Å². The lowest BCUT2D eigenvalue weighted by atomic mass is 10.0. The quantitative estimate of drug-likeness (QED) is 0.801. The van der Waals surface area contributed by atoms with Crippen LogP contribution in [0.4, 0.5) is 4.39 Å². The van der Waals surface area contributed by atoms with E-state index in [0.29, 0.717) is 25.4 Å². The molecule has 2 fully saturated rings. The third-order valence-corrected chi connectivity index (χ3v) is 4.99. The van der Waals surface area contributed by atoms with Crippen molar-refractivity contribution in [3.05, 3.63) is 35.6 Å². The third kappa shape index (κ3) is 6.24. The van der Waals surface area contributed by atoms with E-state index in [-0.39, 0.29) is 30.2 Å². The van der Waals surface area contributed by atoms with E-state index in [1.165, 1.54) is 12.1 Å². The third-order valence-electron chi connectivity index (χ3n) is 4.99. The van der Waals surface area contributed by atoms with Crippen LogP contribution >= 0.6 is 12.4 Å². The van der Waals surface area contributed by atoms with Crippen molar-refractivity contribution in [1.82, 2.24) is 10.2 Å². The summed E-state index contributed by atoms with van der Waals surface area (Å²) < 4.78 is 19.1. The predicted octanol–water partition coefficient (Wildman–Crippen LogP) is 3.14. The van der Waals surface area contributed by atoms with Gasteiger partial charge in [-0.1, -0.05) is 12.1 Å². The van der Waals surface area contributed by atoms with E-state index >= 15 is 0 Å². The molecular weight excluding hydrogens is 343 g/mol. The van der Waals surface area contributed by atoms with E-state index in [1.54, 1.807) is 6.07 Å². The molecule has 0 aliphatic carbocycles.